The van der Waals surface area contributed by atoms with E-state index >= 15 is 0 Å². The molecule has 33 heavy (non-hydrogen) atoms. The highest BCUT2D eigenvalue weighted by Gasteiger charge is 2.18. The maximum atomic E-state index is 12.9. The van der Waals surface area contributed by atoms with Crippen LogP contribution in [-0.4, -0.2) is 40.1 Å². The Bertz CT molecular complexity index is 1290. The van der Waals surface area contributed by atoms with E-state index in [0.717, 1.165) is 28.2 Å². The third kappa shape index (κ3) is 4.59. The molecule has 8 nitrogen and oxygen atoms in total. The van der Waals surface area contributed by atoms with Gasteiger partial charge >= 0.3 is 0 Å². The minimum atomic E-state index is -0.266. The first-order valence-electron chi connectivity index (χ1n) is 10.6. The van der Waals surface area contributed by atoms with Crippen molar-refractivity contribution in [2.75, 3.05) is 19.5 Å². The summed E-state index contributed by atoms with van der Waals surface area (Å²) in [4.78, 5) is 12.9. The summed E-state index contributed by atoms with van der Waals surface area (Å²) in [6.45, 7) is 6.37. The number of nitrogens with zero attached hydrogens (tertiary/aromatic N) is 3. The van der Waals surface area contributed by atoms with E-state index in [4.69, 9.17) is 9.47 Å². The number of benzene rings is 2. The van der Waals surface area contributed by atoms with Gasteiger partial charge in [-0.2, -0.15) is 10.2 Å². The molecule has 0 spiro atoms. The number of aryl methyl sites for hydroxylation is 2. The molecular formula is C25H27N5O3. The molecule has 2 N–H and O–H groups in total. The molecule has 0 saturated carbocycles. The molecule has 8 heteroatoms. The Hall–Kier alpha value is -4.07. The quantitative estimate of drug-likeness (QED) is 0.436. The highest BCUT2D eigenvalue weighted by atomic mass is 16.5. The number of ether oxygens (including phenoxy) is 2. The lowest BCUT2D eigenvalue weighted by Gasteiger charge is -2.11. The molecule has 0 aliphatic rings. The summed E-state index contributed by atoms with van der Waals surface area (Å²) in [6, 6.07) is 15.5. The van der Waals surface area contributed by atoms with Crippen LogP contribution < -0.4 is 14.8 Å². The van der Waals surface area contributed by atoms with Crippen LogP contribution in [0.2, 0.25) is 0 Å². The Labute approximate surface area is 192 Å². The van der Waals surface area contributed by atoms with Gasteiger partial charge in [0.05, 0.1) is 43.5 Å². The van der Waals surface area contributed by atoms with E-state index in [9.17, 15) is 4.79 Å². The number of aromatic amines is 1. The van der Waals surface area contributed by atoms with Crippen LogP contribution in [0.5, 0.6) is 11.5 Å². The van der Waals surface area contributed by atoms with Crippen molar-refractivity contribution in [2.45, 2.75) is 27.3 Å². The third-order valence-electron chi connectivity index (χ3n) is 5.57. The predicted molar refractivity (Wildman–Crippen MR) is 127 cm³/mol. The fourth-order valence-corrected chi connectivity index (χ4v) is 3.67. The van der Waals surface area contributed by atoms with Crippen LogP contribution in [0, 0.1) is 20.8 Å². The number of methoxy groups -OCH3 is 2. The first-order valence-corrected chi connectivity index (χ1v) is 10.6. The molecule has 0 fully saturated rings. The third-order valence-corrected chi connectivity index (χ3v) is 5.57. The molecule has 0 atom stereocenters. The monoisotopic (exact) mass is 445 g/mol. The number of hydrogen-bond donors (Lipinski definition) is 2. The number of H-pyrrole nitrogens is 1. The van der Waals surface area contributed by atoms with Gasteiger partial charge in [0.15, 0.2) is 11.5 Å². The standard InChI is InChI=1S/C25H27N5O3/c1-15-6-9-19(10-7-15)20-13-21(28-27-20)25(31)26-24-16(2)29-30(17(24)3)14-18-8-11-22(32-4)23(12-18)33-5/h6-13H,14H2,1-5H3,(H,26,31)(H,27,28). The molecule has 0 bridgehead atoms. The molecule has 0 aliphatic carbocycles. The number of carbonyl (C=O) groups is 1. The van der Waals surface area contributed by atoms with Gasteiger partial charge in [-0.05, 0) is 44.5 Å². The smallest absolute Gasteiger partial charge is 0.273 e. The molecule has 0 aliphatic heterocycles. The second-order valence-corrected chi connectivity index (χ2v) is 7.88. The SMILES string of the molecule is COc1ccc(Cn2nc(C)c(NC(=O)c3cc(-c4ccc(C)cc4)n[nH]3)c2C)cc1OC. The van der Waals surface area contributed by atoms with Crippen LogP contribution in [0.3, 0.4) is 0 Å². The van der Waals surface area contributed by atoms with Crippen molar-refractivity contribution in [3.8, 4) is 22.8 Å². The first-order chi connectivity index (χ1) is 15.9. The molecule has 2 aromatic carbocycles. The number of carbonyl (C=O) groups excluding carboxylic acids is 1. The maximum absolute atomic E-state index is 12.9. The van der Waals surface area contributed by atoms with Crippen molar-refractivity contribution in [2.24, 2.45) is 0 Å². The van der Waals surface area contributed by atoms with Gasteiger partial charge in [-0.15, -0.1) is 0 Å². The second kappa shape index (κ2) is 9.20. The zero-order valence-electron chi connectivity index (χ0n) is 19.4. The first kappa shape index (κ1) is 22.1. The normalized spacial score (nSPS) is 10.8. The largest absolute Gasteiger partial charge is 0.493 e. The summed E-state index contributed by atoms with van der Waals surface area (Å²) < 4.78 is 12.6. The average molecular weight is 446 g/mol. The lowest BCUT2D eigenvalue weighted by molar-refractivity contribution is 0.102. The van der Waals surface area contributed by atoms with E-state index in [0.29, 0.717) is 29.4 Å². The molecule has 2 heterocycles. The van der Waals surface area contributed by atoms with Crippen LogP contribution in [-0.2, 0) is 6.54 Å². The van der Waals surface area contributed by atoms with Crippen molar-refractivity contribution in [1.82, 2.24) is 20.0 Å². The van der Waals surface area contributed by atoms with E-state index < -0.39 is 0 Å². The lowest BCUT2D eigenvalue weighted by Crippen LogP contribution is -2.14. The van der Waals surface area contributed by atoms with Crippen molar-refractivity contribution in [3.63, 3.8) is 0 Å². The molecule has 170 valence electrons. The number of anilines is 1. The lowest BCUT2D eigenvalue weighted by atomic mass is 10.1. The molecule has 0 radical (unpaired) electrons. The zero-order valence-corrected chi connectivity index (χ0v) is 19.4. The Morgan fingerprint density at radius 1 is 1.00 bits per heavy atom. The summed E-state index contributed by atoms with van der Waals surface area (Å²) in [7, 11) is 3.22. The van der Waals surface area contributed by atoms with Gasteiger partial charge in [-0.3, -0.25) is 14.6 Å². The molecule has 4 rings (SSSR count). The molecule has 0 unspecified atom stereocenters. The Morgan fingerprint density at radius 2 is 1.73 bits per heavy atom. The summed E-state index contributed by atoms with van der Waals surface area (Å²) in [5.41, 5.74) is 6.51. The van der Waals surface area contributed by atoms with Gasteiger partial charge in [0, 0.05) is 5.56 Å². The summed E-state index contributed by atoms with van der Waals surface area (Å²) in [6.07, 6.45) is 0. The fraction of sp³-hybridized carbons (Fsp3) is 0.240. The minimum Gasteiger partial charge on any atom is -0.493 e. The van der Waals surface area contributed by atoms with Crippen molar-refractivity contribution in [3.05, 3.63) is 76.7 Å². The minimum absolute atomic E-state index is 0.266. The molecule has 0 saturated heterocycles. The molecule has 1 amide bonds. The van der Waals surface area contributed by atoms with Crippen LogP contribution in [0.1, 0.15) is 33.0 Å². The van der Waals surface area contributed by atoms with Crippen LogP contribution in [0.15, 0.2) is 48.5 Å². The van der Waals surface area contributed by atoms with Crippen molar-refractivity contribution >= 4 is 11.6 Å². The molecule has 4 aromatic rings. The highest BCUT2D eigenvalue weighted by Crippen LogP contribution is 2.29. The zero-order chi connectivity index (χ0) is 23.5. The Morgan fingerprint density at radius 3 is 2.42 bits per heavy atom. The fourth-order valence-electron chi connectivity index (χ4n) is 3.67. The number of nitrogens with one attached hydrogen (secondary N) is 2. The van der Waals surface area contributed by atoms with E-state index in [-0.39, 0.29) is 5.91 Å². The van der Waals surface area contributed by atoms with Crippen LogP contribution >= 0.6 is 0 Å². The van der Waals surface area contributed by atoms with E-state index in [1.807, 2.05) is 67.9 Å². The van der Waals surface area contributed by atoms with Gasteiger partial charge in [0.2, 0.25) is 0 Å². The van der Waals surface area contributed by atoms with Crippen LogP contribution in [0.25, 0.3) is 11.3 Å². The van der Waals surface area contributed by atoms with E-state index in [2.05, 4.69) is 20.6 Å². The predicted octanol–water partition coefficient (Wildman–Crippen LogP) is 4.52. The maximum Gasteiger partial charge on any atom is 0.273 e. The Balaban J connectivity index is 1.52. The number of amides is 1. The van der Waals surface area contributed by atoms with Gasteiger partial charge in [0.25, 0.3) is 5.91 Å². The average Bonchev–Trinajstić information content (AvgIpc) is 3.41. The topological polar surface area (TPSA) is 94.1 Å². The summed E-state index contributed by atoms with van der Waals surface area (Å²) >= 11 is 0. The number of hydrogen-bond acceptors (Lipinski definition) is 5. The second-order valence-electron chi connectivity index (χ2n) is 7.88. The molecular weight excluding hydrogens is 418 g/mol. The van der Waals surface area contributed by atoms with E-state index in [1.165, 1.54) is 5.56 Å². The van der Waals surface area contributed by atoms with Gasteiger partial charge in [-0.25, -0.2) is 0 Å². The Kier molecular flexibility index (Phi) is 6.17. The number of aromatic nitrogens is 4. The van der Waals surface area contributed by atoms with Gasteiger partial charge in [0.1, 0.15) is 5.69 Å². The van der Waals surface area contributed by atoms with Crippen molar-refractivity contribution in [1.29, 1.82) is 0 Å². The number of rotatable bonds is 7. The molecule has 2 aromatic heterocycles. The van der Waals surface area contributed by atoms with Crippen LogP contribution in [0.4, 0.5) is 5.69 Å². The van der Waals surface area contributed by atoms with Crippen molar-refractivity contribution < 1.29 is 14.3 Å². The highest BCUT2D eigenvalue weighted by molar-refractivity contribution is 6.04. The summed E-state index contributed by atoms with van der Waals surface area (Å²) in [5, 5.41) is 14.7. The van der Waals surface area contributed by atoms with Gasteiger partial charge in [-0.1, -0.05) is 35.9 Å². The van der Waals surface area contributed by atoms with E-state index in [1.54, 1.807) is 20.3 Å². The van der Waals surface area contributed by atoms with Gasteiger partial charge < -0.3 is 14.8 Å². The summed E-state index contributed by atoms with van der Waals surface area (Å²) in [5.74, 6) is 1.07.